The lowest BCUT2D eigenvalue weighted by Crippen LogP contribution is -2.24. The number of carbonyl (C=O) groups excluding carboxylic acids is 1. The largest absolute Gasteiger partial charge is 0.497 e. The van der Waals surface area contributed by atoms with E-state index in [1.54, 1.807) is 32.2 Å². The Morgan fingerprint density at radius 3 is 2.41 bits per heavy atom. The Labute approximate surface area is 170 Å². The highest BCUT2D eigenvalue weighted by Crippen LogP contribution is 2.22. The Bertz CT molecular complexity index is 1160. The molecule has 3 rings (SSSR count). The molecule has 0 aliphatic heterocycles. The van der Waals surface area contributed by atoms with Gasteiger partial charge in [-0.25, -0.2) is 12.7 Å². The predicted molar refractivity (Wildman–Crippen MR) is 112 cm³/mol. The number of methoxy groups -OCH3 is 1. The van der Waals surface area contributed by atoms with Crippen molar-refractivity contribution in [3.63, 3.8) is 0 Å². The number of hydrogen-bond donors (Lipinski definition) is 1. The quantitative estimate of drug-likeness (QED) is 0.671. The summed E-state index contributed by atoms with van der Waals surface area (Å²) in [7, 11) is 1.10. The zero-order valence-electron chi connectivity index (χ0n) is 16.8. The summed E-state index contributed by atoms with van der Waals surface area (Å²) >= 11 is 0. The third-order valence-electron chi connectivity index (χ3n) is 4.62. The van der Waals surface area contributed by atoms with Crippen LogP contribution in [0, 0.1) is 6.92 Å². The number of aromatic nitrogens is 1. The average Bonchev–Trinajstić information content (AvgIpc) is 2.71. The van der Waals surface area contributed by atoms with Crippen molar-refractivity contribution in [1.82, 2.24) is 14.6 Å². The highest BCUT2D eigenvalue weighted by Gasteiger charge is 2.17. The molecular weight excluding hydrogens is 390 g/mol. The van der Waals surface area contributed by atoms with Crippen LogP contribution in [-0.2, 0) is 16.6 Å². The molecular formula is C21H23N3O4S. The van der Waals surface area contributed by atoms with Gasteiger partial charge in [0.25, 0.3) is 5.91 Å². The summed E-state index contributed by atoms with van der Waals surface area (Å²) in [5.41, 5.74) is 2.67. The van der Waals surface area contributed by atoms with Gasteiger partial charge < -0.3 is 10.1 Å². The van der Waals surface area contributed by atoms with Gasteiger partial charge in [-0.15, -0.1) is 0 Å². The van der Waals surface area contributed by atoms with Crippen LogP contribution in [0.4, 0.5) is 0 Å². The number of nitrogens with zero attached hydrogens (tertiary/aromatic N) is 2. The van der Waals surface area contributed by atoms with E-state index in [4.69, 9.17) is 4.74 Å². The van der Waals surface area contributed by atoms with Gasteiger partial charge in [0.2, 0.25) is 10.0 Å². The molecule has 1 aromatic heterocycles. The number of hydrogen-bond acceptors (Lipinski definition) is 5. The number of fused-ring (bicyclic) bond motifs is 1. The Hall–Kier alpha value is -2.97. The van der Waals surface area contributed by atoms with Crippen LogP contribution in [0.1, 0.15) is 21.6 Å². The number of ether oxygens (including phenoxy) is 1. The molecule has 0 saturated heterocycles. The zero-order valence-corrected chi connectivity index (χ0v) is 17.6. The van der Waals surface area contributed by atoms with Gasteiger partial charge in [-0.2, -0.15) is 0 Å². The lowest BCUT2D eigenvalue weighted by molar-refractivity contribution is 0.0950. The Kier molecular flexibility index (Phi) is 5.86. The van der Waals surface area contributed by atoms with Crippen LogP contribution >= 0.6 is 0 Å². The molecule has 2 aromatic carbocycles. The molecule has 0 bridgehead atoms. The molecule has 0 spiro atoms. The predicted octanol–water partition coefficient (Wildman–Crippen LogP) is 2.73. The fourth-order valence-electron chi connectivity index (χ4n) is 2.87. The van der Waals surface area contributed by atoms with E-state index in [0.717, 1.165) is 20.8 Å². The molecule has 29 heavy (non-hydrogen) atoms. The van der Waals surface area contributed by atoms with Gasteiger partial charge >= 0.3 is 0 Å². The van der Waals surface area contributed by atoms with Crippen LogP contribution in [0.5, 0.6) is 5.75 Å². The SMILES string of the molecule is COc1ccc2cc(C(=O)NCc3ccc(S(=O)(=O)N(C)C)cc3)c(C)nc2c1. The number of amides is 1. The van der Waals surface area contributed by atoms with Crippen molar-refractivity contribution < 1.29 is 17.9 Å². The van der Waals surface area contributed by atoms with Crippen molar-refractivity contribution in [1.29, 1.82) is 0 Å². The minimum atomic E-state index is -3.47. The van der Waals surface area contributed by atoms with Gasteiger partial charge in [-0.3, -0.25) is 9.78 Å². The van der Waals surface area contributed by atoms with Gasteiger partial charge in [-0.1, -0.05) is 12.1 Å². The van der Waals surface area contributed by atoms with Gasteiger partial charge in [0.15, 0.2) is 0 Å². The van der Waals surface area contributed by atoms with Crippen LogP contribution in [0.15, 0.2) is 53.4 Å². The van der Waals surface area contributed by atoms with Crippen LogP contribution in [-0.4, -0.2) is 44.8 Å². The molecule has 0 aliphatic carbocycles. The zero-order chi connectivity index (χ0) is 21.2. The first-order valence-electron chi connectivity index (χ1n) is 8.97. The normalized spacial score (nSPS) is 11.6. The maximum Gasteiger partial charge on any atom is 0.253 e. The highest BCUT2D eigenvalue weighted by atomic mass is 32.2. The second-order valence-corrected chi connectivity index (χ2v) is 8.95. The number of benzene rings is 2. The van der Waals surface area contributed by atoms with E-state index in [1.807, 2.05) is 18.2 Å². The van der Waals surface area contributed by atoms with Crippen molar-refractivity contribution in [2.24, 2.45) is 0 Å². The molecule has 1 N–H and O–H groups in total. The maximum atomic E-state index is 12.6. The highest BCUT2D eigenvalue weighted by molar-refractivity contribution is 7.89. The molecule has 0 aliphatic rings. The van der Waals surface area contributed by atoms with Crippen LogP contribution < -0.4 is 10.1 Å². The van der Waals surface area contributed by atoms with Crippen molar-refractivity contribution in [3.8, 4) is 5.75 Å². The molecule has 0 radical (unpaired) electrons. The summed E-state index contributed by atoms with van der Waals surface area (Å²) in [6.45, 7) is 2.07. The Balaban J connectivity index is 1.74. The molecule has 0 unspecified atom stereocenters. The second kappa shape index (κ2) is 8.18. The summed E-state index contributed by atoms with van der Waals surface area (Å²) in [4.78, 5) is 17.4. The number of pyridine rings is 1. The molecule has 7 nitrogen and oxygen atoms in total. The summed E-state index contributed by atoms with van der Waals surface area (Å²) in [6.07, 6.45) is 0. The summed E-state index contributed by atoms with van der Waals surface area (Å²) in [5.74, 6) is 0.471. The second-order valence-electron chi connectivity index (χ2n) is 6.79. The van der Waals surface area contributed by atoms with E-state index in [9.17, 15) is 13.2 Å². The molecule has 0 saturated carbocycles. The van der Waals surface area contributed by atoms with Gasteiger partial charge in [-0.05, 0) is 42.8 Å². The van der Waals surface area contributed by atoms with Gasteiger partial charge in [0.1, 0.15) is 5.75 Å². The maximum absolute atomic E-state index is 12.6. The topological polar surface area (TPSA) is 88.6 Å². The smallest absolute Gasteiger partial charge is 0.253 e. The molecule has 0 atom stereocenters. The minimum Gasteiger partial charge on any atom is -0.497 e. The van der Waals surface area contributed by atoms with E-state index >= 15 is 0 Å². The first kappa shape index (κ1) is 20.8. The molecule has 1 heterocycles. The van der Waals surface area contributed by atoms with Crippen molar-refractivity contribution in [2.75, 3.05) is 21.2 Å². The average molecular weight is 413 g/mol. The first-order chi connectivity index (χ1) is 13.7. The lowest BCUT2D eigenvalue weighted by Gasteiger charge is -2.12. The van der Waals surface area contributed by atoms with Gasteiger partial charge in [0.05, 0.1) is 28.8 Å². The van der Waals surface area contributed by atoms with Crippen molar-refractivity contribution in [3.05, 3.63) is 65.4 Å². The molecule has 1 amide bonds. The summed E-state index contributed by atoms with van der Waals surface area (Å²) in [5, 5.41) is 3.71. The van der Waals surface area contributed by atoms with Crippen molar-refractivity contribution >= 4 is 26.8 Å². The van der Waals surface area contributed by atoms with E-state index in [-0.39, 0.29) is 17.3 Å². The number of nitrogens with one attached hydrogen (secondary N) is 1. The van der Waals surface area contributed by atoms with E-state index in [2.05, 4.69) is 10.3 Å². The number of aryl methyl sites for hydroxylation is 1. The van der Waals surface area contributed by atoms with E-state index in [1.165, 1.54) is 26.2 Å². The standard InChI is InChI=1S/C21H23N3O4S/c1-14-19(11-16-7-8-17(28-4)12-20(16)23-14)21(25)22-13-15-5-9-18(10-6-15)29(26,27)24(2)3/h5-12H,13H2,1-4H3,(H,22,25). The van der Waals surface area contributed by atoms with Crippen LogP contribution in [0.3, 0.4) is 0 Å². The van der Waals surface area contributed by atoms with E-state index in [0.29, 0.717) is 17.0 Å². The summed E-state index contributed by atoms with van der Waals surface area (Å²) in [6, 6.07) is 13.8. The molecule has 8 heteroatoms. The van der Waals surface area contributed by atoms with Crippen molar-refractivity contribution in [2.45, 2.75) is 18.4 Å². The molecule has 0 fully saturated rings. The minimum absolute atomic E-state index is 0.211. The molecule has 152 valence electrons. The monoisotopic (exact) mass is 413 g/mol. The Morgan fingerprint density at radius 1 is 1.10 bits per heavy atom. The Morgan fingerprint density at radius 2 is 1.79 bits per heavy atom. The van der Waals surface area contributed by atoms with E-state index < -0.39 is 10.0 Å². The number of sulfonamides is 1. The number of carbonyl (C=O) groups is 1. The molecule has 3 aromatic rings. The van der Waals surface area contributed by atoms with Crippen LogP contribution in [0.2, 0.25) is 0 Å². The summed E-state index contributed by atoms with van der Waals surface area (Å²) < 4.78 is 30.6. The third-order valence-corrected chi connectivity index (χ3v) is 6.44. The third kappa shape index (κ3) is 4.38. The van der Waals surface area contributed by atoms with Gasteiger partial charge in [0, 0.05) is 32.1 Å². The fourth-order valence-corrected chi connectivity index (χ4v) is 3.77. The first-order valence-corrected chi connectivity index (χ1v) is 10.4. The lowest BCUT2D eigenvalue weighted by atomic mass is 10.1. The number of rotatable bonds is 6. The van der Waals surface area contributed by atoms with Crippen LogP contribution in [0.25, 0.3) is 10.9 Å². The fraction of sp³-hybridized carbons (Fsp3) is 0.238.